The van der Waals surface area contributed by atoms with Gasteiger partial charge < -0.3 is 18.9 Å². The van der Waals surface area contributed by atoms with Gasteiger partial charge in [-0.1, -0.05) is 83.3 Å². The molecular formula is C22H24INO4. The van der Waals surface area contributed by atoms with E-state index in [1.54, 1.807) is 7.11 Å². The van der Waals surface area contributed by atoms with Crippen LogP contribution in [0.2, 0.25) is 0 Å². The van der Waals surface area contributed by atoms with Gasteiger partial charge in [0, 0.05) is 7.11 Å². The molecule has 0 aromatic heterocycles. The number of methoxy groups -OCH3 is 1. The van der Waals surface area contributed by atoms with E-state index in [9.17, 15) is 5.26 Å². The zero-order chi connectivity index (χ0) is 19.8. The Bertz CT molecular complexity index is 752. The van der Waals surface area contributed by atoms with Crippen LogP contribution in [0.3, 0.4) is 0 Å². The van der Waals surface area contributed by atoms with Gasteiger partial charge >= 0.3 is 0 Å². The minimum Gasteiger partial charge on any atom is -0.370 e. The Morgan fingerprint density at radius 1 is 0.929 bits per heavy atom. The summed E-state index contributed by atoms with van der Waals surface area (Å²) in [6, 6.07) is 22.2. The summed E-state index contributed by atoms with van der Waals surface area (Å²) in [5.41, 5.74) is 2.17. The van der Waals surface area contributed by atoms with Gasteiger partial charge in [-0.3, -0.25) is 0 Å². The number of rotatable bonds is 8. The molecule has 0 radical (unpaired) electrons. The van der Waals surface area contributed by atoms with E-state index in [1.165, 1.54) is 0 Å². The number of hydrogen-bond acceptors (Lipinski definition) is 5. The molecule has 3 rings (SSSR count). The Morgan fingerprint density at radius 3 is 1.96 bits per heavy atom. The molecule has 5 atom stereocenters. The SMILES string of the molecule is CO[C@H]1O[C@H](CC#N)[C@@H](OCc2ccccc2)[C@@H](I)[C@@H]1OCc1ccccc1. The fraction of sp³-hybridized carbons (Fsp3) is 0.409. The van der Waals surface area contributed by atoms with Gasteiger partial charge in [0.25, 0.3) is 0 Å². The van der Waals surface area contributed by atoms with E-state index >= 15 is 0 Å². The van der Waals surface area contributed by atoms with Crippen LogP contribution in [-0.2, 0) is 32.2 Å². The van der Waals surface area contributed by atoms with Crippen molar-refractivity contribution in [2.24, 2.45) is 0 Å². The lowest BCUT2D eigenvalue weighted by Crippen LogP contribution is -2.57. The third-order valence-corrected chi connectivity index (χ3v) is 6.08. The van der Waals surface area contributed by atoms with Crippen LogP contribution < -0.4 is 0 Å². The predicted octanol–water partition coefficient (Wildman–Crippen LogP) is 4.25. The second-order valence-corrected chi connectivity index (χ2v) is 8.05. The smallest absolute Gasteiger partial charge is 0.184 e. The number of halogens is 1. The van der Waals surface area contributed by atoms with Crippen molar-refractivity contribution in [1.82, 2.24) is 0 Å². The molecule has 6 heteroatoms. The molecule has 1 heterocycles. The van der Waals surface area contributed by atoms with Crippen molar-refractivity contribution in [1.29, 1.82) is 5.26 Å². The van der Waals surface area contributed by atoms with E-state index in [-0.39, 0.29) is 28.7 Å². The molecule has 148 valence electrons. The van der Waals surface area contributed by atoms with E-state index in [4.69, 9.17) is 18.9 Å². The summed E-state index contributed by atoms with van der Waals surface area (Å²) < 4.78 is 23.9. The predicted molar refractivity (Wildman–Crippen MR) is 114 cm³/mol. The van der Waals surface area contributed by atoms with E-state index in [0.717, 1.165) is 11.1 Å². The largest absolute Gasteiger partial charge is 0.370 e. The summed E-state index contributed by atoms with van der Waals surface area (Å²) in [6.07, 6.45) is -1.24. The molecule has 1 aliphatic rings. The molecular weight excluding hydrogens is 469 g/mol. The van der Waals surface area contributed by atoms with Crippen molar-refractivity contribution < 1.29 is 18.9 Å². The minimum atomic E-state index is -0.541. The molecule has 2 aromatic rings. The van der Waals surface area contributed by atoms with Gasteiger partial charge in [0.05, 0.1) is 35.7 Å². The van der Waals surface area contributed by atoms with Gasteiger partial charge in [-0.2, -0.15) is 5.26 Å². The molecule has 0 bridgehead atoms. The Morgan fingerprint density at radius 2 is 1.46 bits per heavy atom. The highest BCUT2D eigenvalue weighted by Gasteiger charge is 2.46. The summed E-state index contributed by atoms with van der Waals surface area (Å²) in [7, 11) is 1.60. The third-order valence-electron chi connectivity index (χ3n) is 4.67. The molecule has 28 heavy (non-hydrogen) atoms. The van der Waals surface area contributed by atoms with Crippen molar-refractivity contribution in [3.8, 4) is 6.07 Å². The molecule has 0 unspecified atom stereocenters. The second-order valence-electron chi connectivity index (χ2n) is 6.61. The molecule has 1 aliphatic heterocycles. The van der Waals surface area contributed by atoms with E-state index in [2.05, 4.69) is 28.7 Å². The first kappa shape index (κ1) is 21.2. The highest BCUT2D eigenvalue weighted by atomic mass is 127. The van der Waals surface area contributed by atoms with E-state index in [0.29, 0.717) is 13.2 Å². The van der Waals surface area contributed by atoms with Crippen LogP contribution in [0.15, 0.2) is 60.7 Å². The first-order valence-electron chi connectivity index (χ1n) is 9.23. The van der Waals surface area contributed by atoms with Gasteiger partial charge in [-0.25, -0.2) is 0 Å². The molecule has 0 saturated carbocycles. The minimum absolute atomic E-state index is 0.0259. The van der Waals surface area contributed by atoms with Crippen LogP contribution in [0.4, 0.5) is 0 Å². The van der Waals surface area contributed by atoms with Gasteiger partial charge in [-0.05, 0) is 11.1 Å². The Hall–Kier alpha value is -1.50. The topological polar surface area (TPSA) is 60.7 Å². The number of benzene rings is 2. The zero-order valence-electron chi connectivity index (χ0n) is 15.7. The Labute approximate surface area is 179 Å². The van der Waals surface area contributed by atoms with Gasteiger partial charge in [0.15, 0.2) is 6.29 Å². The normalized spacial score (nSPS) is 27.2. The maximum absolute atomic E-state index is 9.22. The quantitative estimate of drug-likeness (QED) is 0.407. The molecule has 0 aliphatic carbocycles. The number of nitrogens with zero attached hydrogens (tertiary/aromatic N) is 1. The maximum Gasteiger partial charge on any atom is 0.184 e. The lowest BCUT2D eigenvalue weighted by Gasteiger charge is -2.43. The molecule has 1 saturated heterocycles. The van der Waals surface area contributed by atoms with Gasteiger partial charge in [-0.15, -0.1) is 0 Å². The Kier molecular flexibility index (Phi) is 8.25. The molecule has 0 spiro atoms. The lowest BCUT2D eigenvalue weighted by molar-refractivity contribution is -0.269. The molecule has 2 aromatic carbocycles. The van der Waals surface area contributed by atoms with Crippen LogP contribution in [0.5, 0.6) is 0 Å². The maximum atomic E-state index is 9.22. The molecule has 0 amide bonds. The van der Waals surface area contributed by atoms with E-state index in [1.807, 2.05) is 60.7 Å². The molecule has 0 N–H and O–H groups in total. The number of nitriles is 1. The van der Waals surface area contributed by atoms with Crippen molar-refractivity contribution >= 4 is 22.6 Å². The van der Waals surface area contributed by atoms with E-state index < -0.39 is 6.29 Å². The van der Waals surface area contributed by atoms with Crippen LogP contribution in [0.25, 0.3) is 0 Å². The highest BCUT2D eigenvalue weighted by Crippen LogP contribution is 2.33. The summed E-state index contributed by atoms with van der Waals surface area (Å²) >= 11 is 2.34. The molecule has 1 fully saturated rings. The van der Waals surface area contributed by atoms with Crippen molar-refractivity contribution in [2.45, 2.75) is 48.2 Å². The van der Waals surface area contributed by atoms with Gasteiger partial charge in [0.1, 0.15) is 12.2 Å². The Balaban J connectivity index is 1.71. The number of hydrogen-bond donors (Lipinski definition) is 0. The van der Waals surface area contributed by atoms with Crippen molar-refractivity contribution in [3.63, 3.8) is 0 Å². The standard InChI is InChI=1S/C22H24INO4/c1-25-22-21(27-15-17-10-6-3-7-11-17)19(23)20(18(28-22)12-13-24)26-14-16-8-4-2-5-9-16/h2-11,18-22H,12,14-15H2,1H3/t18-,19-,20-,21+,22+/m1/s1. The van der Waals surface area contributed by atoms with Crippen molar-refractivity contribution in [2.75, 3.05) is 7.11 Å². The van der Waals surface area contributed by atoms with Crippen LogP contribution in [0.1, 0.15) is 17.5 Å². The van der Waals surface area contributed by atoms with Gasteiger partial charge in [0.2, 0.25) is 0 Å². The number of alkyl halides is 1. The summed E-state index contributed by atoms with van der Waals surface area (Å²) in [6.45, 7) is 0.919. The average Bonchev–Trinajstić information content (AvgIpc) is 2.74. The summed E-state index contributed by atoms with van der Waals surface area (Å²) in [4.78, 5) is 0. The van der Waals surface area contributed by atoms with Crippen LogP contribution in [0, 0.1) is 11.3 Å². The zero-order valence-corrected chi connectivity index (χ0v) is 17.9. The second kappa shape index (κ2) is 10.9. The fourth-order valence-electron chi connectivity index (χ4n) is 3.22. The monoisotopic (exact) mass is 493 g/mol. The first-order valence-corrected chi connectivity index (χ1v) is 10.5. The summed E-state index contributed by atoms with van der Waals surface area (Å²) in [5, 5.41) is 9.22. The fourth-order valence-corrected chi connectivity index (χ4v) is 4.43. The average molecular weight is 493 g/mol. The van der Waals surface area contributed by atoms with Crippen LogP contribution >= 0.6 is 22.6 Å². The molecule has 5 nitrogen and oxygen atoms in total. The van der Waals surface area contributed by atoms with Crippen LogP contribution in [-0.4, -0.2) is 35.6 Å². The highest BCUT2D eigenvalue weighted by molar-refractivity contribution is 14.1. The van der Waals surface area contributed by atoms with Crippen molar-refractivity contribution in [3.05, 3.63) is 71.8 Å². The summed E-state index contributed by atoms with van der Waals surface area (Å²) in [5.74, 6) is 0. The third kappa shape index (κ3) is 5.52. The first-order chi connectivity index (χ1) is 13.7. The number of ether oxygens (including phenoxy) is 4. The lowest BCUT2D eigenvalue weighted by atomic mass is 9.99.